The zero-order chi connectivity index (χ0) is 14.5. The Morgan fingerprint density at radius 2 is 2.00 bits per heavy atom. The Hall–Kier alpha value is -0.350. The Balaban J connectivity index is 2.21. The molecule has 4 heteroatoms. The van der Waals surface area contributed by atoms with Crippen LogP contribution in [0.4, 0.5) is 0 Å². The van der Waals surface area contributed by atoms with E-state index < -0.39 is 0 Å². The Morgan fingerprint density at radius 3 is 2.60 bits per heavy atom. The molecule has 0 bridgehead atoms. The van der Waals surface area contributed by atoms with Crippen molar-refractivity contribution in [3.8, 4) is 0 Å². The van der Waals surface area contributed by atoms with Crippen LogP contribution in [-0.2, 0) is 6.42 Å². The summed E-state index contributed by atoms with van der Waals surface area (Å²) in [5.74, 6) is 0.390. The molecule has 1 heterocycles. The van der Waals surface area contributed by atoms with Gasteiger partial charge in [-0.2, -0.15) is 0 Å². The van der Waals surface area contributed by atoms with E-state index in [0.29, 0.717) is 12.0 Å². The van der Waals surface area contributed by atoms with Crippen molar-refractivity contribution in [1.82, 2.24) is 5.32 Å². The van der Waals surface area contributed by atoms with Gasteiger partial charge >= 0.3 is 0 Å². The van der Waals surface area contributed by atoms with Crippen LogP contribution in [-0.4, -0.2) is 12.6 Å². The molecule has 0 saturated carbocycles. The monoisotopic (exact) mass is 371 g/mol. The van der Waals surface area contributed by atoms with E-state index in [2.05, 4.69) is 58.7 Å². The summed E-state index contributed by atoms with van der Waals surface area (Å²) in [5.41, 5.74) is 1.22. The summed E-state index contributed by atoms with van der Waals surface area (Å²) in [4.78, 5) is 1.38. The summed E-state index contributed by atoms with van der Waals surface area (Å²) in [5, 5.41) is 6.51. The van der Waals surface area contributed by atoms with Crippen LogP contribution in [0, 0.1) is 0 Å². The maximum Gasteiger partial charge on any atom is 0.0441 e. The molecule has 1 aromatic carbocycles. The van der Waals surface area contributed by atoms with E-state index in [0.717, 1.165) is 18.0 Å². The van der Waals surface area contributed by atoms with Crippen LogP contribution in [0.25, 0.3) is 0 Å². The summed E-state index contributed by atoms with van der Waals surface area (Å²) in [6.45, 7) is 5.28. The van der Waals surface area contributed by atoms with Gasteiger partial charge in [0.25, 0.3) is 0 Å². The summed E-state index contributed by atoms with van der Waals surface area (Å²) >= 11 is 11.8. The van der Waals surface area contributed by atoms with Gasteiger partial charge in [-0.1, -0.05) is 43.6 Å². The van der Waals surface area contributed by atoms with E-state index in [1.165, 1.54) is 14.9 Å². The van der Waals surface area contributed by atoms with E-state index in [-0.39, 0.29) is 0 Å². The Bertz CT molecular complexity index is 553. The lowest BCUT2D eigenvalue weighted by Crippen LogP contribution is -2.29. The molecule has 0 spiro atoms. The van der Waals surface area contributed by atoms with Gasteiger partial charge in [0.1, 0.15) is 0 Å². The van der Waals surface area contributed by atoms with Crippen molar-refractivity contribution in [3.63, 3.8) is 0 Å². The van der Waals surface area contributed by atoms with Gasteiger partial charge in [-0.15, -0.1) is 11.3 Å². The van der Waals surface area contributed by atoms with Crippen LogP contribution in [0.5, 0.6) is 0 Å². The minimum absolute atomic E-state index is 0.390. The highest BCUT2D eigenvalue weighted by Gasteiger charge is 2.17. The molecule has 1 N–H and O–H groups in total. The van der Waals surface area contributed by atoms with E-state index in [4.69, 9.17) is 11.6 Å². The van der Waals surface area contributed by atoms with Gasteiger partial charge in [-0.3, -0.25) is 0 Å². The molecule has 108 valence electrons. The van der Waals surface area contributed by atoms with Crippen molar-refractivity contribution >= 4 is 38.9 Å². The highest BCUT2D eigenvalue weighted by molar-refractivity contribution is 9.10. The Kier molecular flexibility index (Phi) is 6.09. The van der Waals surface area contributed by atoms with E-state index >= 15 is 0 Å². The topological polar surface area (TPSA) is 12.0 Å². The third-order valence-electron chi connectivity index (χ3n) is 3.24. The zero-order valence-electron chi connectivity index (χ0n) is 11.7. The van der Waals surface area contributed by atoms with Crippen molar-refractivity contribution < 1.29 is 0 Å². The highest BCUT2D eigenvalue weighted by Crippen LogP contribution is 2.32. The lowest BCUT2D eigenvalue weighted by Gasteiger charge is -2.20. The van der Waals surface area contributed by atoms with E-state index in [9.17, 15) is 0 Å². The number of hydrogen-bond acceptors (Lipinski definition) is 2. The summed E-state index contributed by atoms with van der Waals surface area (Å²) in [6, 6.07) is 10.7. The molecule has 0 fully saturated rings. The number of nitrogens with one attached hydrogen (secondary N) is 1. The zero-order valence-corrected chi connectivity index (χ0v) is 14.9. The van der Waals surface area contributed by atoms with E-state index in [1.807, 2.05) is 12.1 Å². The summed E-state index contributed by atoms with van der Waals surface area (Å²) in [6.07, 6.45) is 1.00. The first-order valence-electron chi connectivity index (χ1n) is 6.77. The Labute approximate surface area is 138 Å². The molecule has 1 aromatic heterocycles. The molecule has 2 aromatic rings. The number of thiophene rings is 1. The van der Waals surface area contributed by atoms with Crippen molar-refractivity contribution in [2.75, 3.05) is 6.54 Å². The lowest BCUT2D eigenvalue weighted by molar-refractivity contribution is 0.528. The highest BCUT2D eigenvalue weighted by atomic mass is 79.9. The van der Waals surface area contributed by atoms with Crippen LogP contribution in [0.2, 0.25) is 5.02 Å². The van der Waals surface area contributed by atoms with Crippen molar-refractivity contribution in [3.05, 3.63) is 55.6 Å². The molecule has 2 rings (SSSR count). The molecule has 0 aliphatic rings. The van der Waals surface area contributed by atoms with Crippen LogP contribution in [0.15, 0.2) is 40.2 Å². The van der Waals surface area contributed by atoms with Crippen LogP contribution < -0.4 is 5.32 Å². The van der Waals surface area contributed by atoms with Gasteiger partial charge in [0.15, 0.2) is 0 Å². The van der Waals surface area contributed by atoms with Crippen molar-refractivity contribution in [2.24, 2.45) is 0 Å². The molecular weight excluding hydrogens is 354 g/mol. The molecule has 0 radical (unpaired) electrons. The lowest BCUT2D eigenvalue weighted by atomic mass is 9.94. The largest absolute Gasteiger partial charge is 0.314 e. The first kappa shape index (κ1) is 16.0. The molecule has 1 atom stereocenters. The van der Waals surface area contributed by atoms with E-state index in [1.54, 1.807) is 11.3 Å². The first-order chi connectivity index (χ1) is 9.58. The van der Waals surface area contributed by atoms with Gasteiger partial charge < -0.3 is 5.32 Å². The molecule has 0 aliphatic heterocycles. The maximum atomic E-state index is 6.38. The fourth-order valence-corrected chi connectivity index (χ4v) is 4.06. The van der Waals surface area contributed by atoms with Crippen molar-refractivity contribution in [2.45, 2.75) is 32.2 Å². The summed E-state index contributed by atoms with van der Waals surface area (Å²) in [7, 11) is 0. The fourth-order valence-electron chi connectivity index (χ4n) is 2.17. The van der Waals surface area contributed by atoms with Gasteiger partial charge in [0, 0.05) is 32.9 Å². The average Bonchev–Trinajstić information content (AvgIpc) is 2.81. The molecule has 0 saturated heterocycles. The second kappa shape index (κ2) is 7.60. The number of rotatable bonds is 6. The summed E-state index contributed by atoms with van der Waals surface area (Å²) < 4.78 is 1.20. The average molecular weight is 373 g/mol. The SMILES string of the molecule is CC(C)NCC(Cc1sccc1Br)c1ccccc1Cl. The van der Waals surface area contributed by atoms with Crippen LogP contribution in [0.1, 0.15) is 30.2 Å². The predicted molar refractivity (Wildman–Crippen MR) is 93.1 cm³/mol. The van der Waals surface area contributed by atoms with Gasteiger partial charge in [0.2, 0.25) is 0 Å². The standard InChI is InChI=1S/C16H19BrClNS/c1-11(2)19-10-12(9-16-14(17)7-8-20-16)13-5-3-4-6-15(13)18/h3-8,11-12,19H,9-10H2,1-2H3. The maximum absolute atomic E-state index is 6.38. The predicted octanol–water partition coefficient (Wildman–Crippen LogP) is 5.49. The molecule has 1 unspecified atom stereocenters. The number of benzene rings is 1. The molecule has 0 aliphatic carbocycles. The van der Waals surface area contributed by atoms with Gasteiger partial charge in [-0.05, 0) is 45.4 Å². The quantitative estimate of drug-likeness (QED) is 0.707. The molecular formula is C16H19BrClNS. The smallest absolute Gasteiger partial charge is 0.0441 e. The second-order valence-corrected chi connectivity index (χ2v) is 7.44. The normalized spacial score (nSPS) is 12.8. The van der Waals surface area contributed by atoms with Gasteiger partial charge in [-0.25, -0.2) is 0 Å². The molecule has 0 amide bonds. The van der Waals surface area contributed by atoms with Crippen LogP contribution in [0.3, 0.4) is 0 Å². The second-order valence-electron chi connectivity index (χ2n) is 5.18. The Morgan fingerprint density at radius 1 is 1.25 bits per heavy atom. The third-order valence-corrected chi connectivity index (χ3v) is 5.53. The third kappa shape index (κ3) is 4.32. The van der Waals surface area contributed by atoms with Crippen molar-refractivity contribution in [1.29, 1.82) is 0 Å². The van der Waals surface area contributed by atoms with Gasteiger partial charge in [0.05, 0.1) is 0 Å². The minimum Gasteiger partial charge on any atom is -0.314 e. The molecule has 20 heavy (non-hydrogen) atoms. The molecule has 1 nitrogen and oxygen atoms in total. The number of halogens is 2. The minimum atomic E-state index is 0.390. The first-order valence-corrected chi connectivity index (χ1v) is 8.82. The fraction of sp³-hybridized carbons (Fsp3) is 0.375. The van der Waals surface area contributed by atoms with Crippen LogP contribution >= 0.6 is 38.9 Å². The number of hydrogen-bond donors (Lipinski definition) is 1.